The van der Waals surface area contributed by atoms with Crippen LogP contribution in [0.1, 0.15) is 5.56 Å². The highest BCUT2D eigenvalue weighted by Gasteiger charge is 2.03. The van der Waals surface area contributed by atoms with E-state index in [1.165, 1.54) is 6.33 Å². The zero-order valence-electron chi connectivity index (χ0n) is 10.8. The molecule has 0 saturated heterocycles. The van der Waals surface area contributed by atoms with E-state index in [0.29, 0.717) is 16.7 Å². The van der Waals surface area contributed by atoms with E-state index in [-0.39, 0.29) is 0 Å². The van der Waals surface area contributed by atoms with Crippen LogP contribution in [0, 0.1) is 0 Å². The molecule has 0 saturated carbocycles. The maximum absolute atomic E-state index is 6.10. The van der Waals surface area contributed by atoms with Crippen LogP contribution in [0.3, 0.4) is 0 Å². The number of halogens is 2. The van der Waals surface area contributed by atoms with E-state index in [1.807, 2.05) is 30.3 Å². The summed E-state index contributed by atoms with van der Waals surface area (Å²) < 4.78 is 7.27. The molecule has 0 radical (unpaired) electrons. The average Bonchev–Trinajstić information content (AvgIpc) is 3.01. The number of ether oxygens (including phenoxy) is 1. The van der Waals surface area contributed by atoms with Gasteiger partial charge in [-0.3, -0.25) is 0 Å². The second-order valence-corrected chi connectivity index (χ2v) is 5.12. The molecule has 0 aliphatic rings. The lowest BCUT2D eigenvalue weighted by atomic mass is 10.2. The summed E-state index contributed by atoms with van der Waals surface area (Å²) in [5, 5.41) is 12.2. The molecule has 5 nitrogen and oxygen atoms in total. The summed E-state index contributed by atoms with van der Waals surface area (Å²) in [6.45, 7) is 0.375. The molecule has 0 unspecified atom stereocenters. The van der Waals surface area contributed by atoms with Gasteiger partial charge in [0, 0.05) is 15.6 Å². The molecule has 106 valence electrons. The number of hydrogen-bond acceptors (Lipinski definition) is 4. The average molecular weight is 321 g/mol. The molecule has 0 atom stereocenters. The molecule has 0 N–H and O–H groups in total. The largest absolute Gasteiger partial charge is 0.489 e. The third kappa shape index (κ3) is 3.32. The van der Waals surface area contributed by atoms with Crippen molar-refractivity contribution in [3.63, 3.8) is 0 Å². The van der Waals surface area contributed by atoms with Crippen LogP contribution in [0.4, 0.5) is 0 Å². The maximum atomic E-state index is 6.10. The molecule has 0 bridgehead atoms. The summed E-state index contributed by atoms with van der Waals surface area (Å²) in [6, 6.07) is 12.8. The fourth-order valence-electron chi connectivity index (χ4n) is 1.77. The first-order valence-electron chi connectivity index (χ1n) is 6.12. The van der Waals surface area contributed by atoms with E-state index < -0.39 is 0 Å². The summed E-state index contributed by atoms with van der Waals surface area (Å²) >= 11 is 12.0. The second kappa shape index (κ2) is 6.11. The molecule has 3 rings (SSSR count). The number of aromatic nitrogens is 4. The minimum atomic E-state index is 0.375. The van der Waals surface area contributed by atoms with Crippen molar-refractivity contribution in [1.82, 2.24) is 20.2 Å². The Labute approximate surface area is 131 Å². The first-order valence-corrected chi connectivity index (χ1v) is 6.88. The Kier molecular flexibility index (Phi) is 4.03. The number of benzene rings is 2. The number of rotatable bonds is 4. The molecular formula is C14H10Cl2N4O. The van der Waals surface area contributed by atoms with Gasteiger partial charge in [0.2, 0.25) is 0 Å². The van der Waals surface area contributed by atoms with E-state index in [0.717, 1.165) is 17.0 Å². The molecule has 1 heterocycles. The molecule has 0 spiro atoms. The van der Waals surface area contributed by atoms with Gasteiger partial charge in [-0.1, -0.05) is 29.3 Å². The topological polar surface area (TPSA) is 52.8 Å². The molecule has 0 fully saturated rings. The third-order valence-corrected chi connectivity index (χ3v) is 3.45. The van der Waals surface area contributed by atoms with E-state index in [1.54, 1.807) is 16.8 Å². The first kappa shape index (κ1) is 13.9. The minimum absolute atomic E-state index is 0.375. The Morgan fingerprint density at radius 3 is 2.52 bits per heavy atom. The Hall–Kier alpha value is -2.11. The van der Waals surface area contributed by atoms with Gasteiger partial charge in [0.1, 0.15) is 18.7 Å². The van der Waals surface area contributed by atoms with Crippen LogP contribution in [0.15, 0.2) is 48.8 Å². The van der Waals surface area contributed by atoms with Crippen molar-refractivity contribution >= 4 is 23.2 Å². The third-order valence-electron chi connectivity index (χ3n) is 2.86. The summed E-state index contributed by atoms with van der Waals surface area (Å²) in [5.74, 6) is 0.734. The maximum Gasteiger partial charge on any atom is 0.143 e. The van der Waals surface area contributed by atoms with Crippen molar-refractivity contribution in [1.29, 1.82) is 0 Å². The lowest BCUT2D eigenvalue weighted by molar-refractivity contribution is 0.306. The van der Waals surface area contributed by atoms with Gasteiger partial charge in [0.05, 0.1) is 5.69 Å². The SMILES string of the molecule is Clc1ccc(COc2ccc(-n3cnnn3)cc2)c(Cl)c1. The number of tetrazole rings is 1. The number of hydrogen-bond donors (Lipinski definition) is 0. The van der Waals surface area contributed by atoms with Crippen LogP contribution in [0.5, 0.6) is 5.75 Å². The molecule has 21 heavy (non-hydrogen) atoms. The van der Waals surface area contributed by atoms with Crippen molar-refractivity contribution in [3.8, 4) is 11.4 Å². The predicted molar refractivity (Wildman–Crippen MR) is 79.9 cm³/mol. The predicted octanol–water partition coefficient (Wildman–Crippen LogP) is 3.55. The van der Waals surface area contributed by atoms with Gasteiger partial charge in [-0.25, -0.2) is 4.68 Å². The van der Waals surface area contributed by atoms with Gasteiger partial charge in [-0.05, 0) is 46.8 Å². The fraction of sp³-hybridized carbons (Fsp3) is 0.0714. The van der Waals surface area contributed by atoms with Crippen molar-refractivity contribution in [2.75, 3.05) is 0 Å². The summed E-state index contributed by atoms with van der Waals surface area (Å²) in [5.41, 5.74) is 1.74. The summed E-state index contributed by atoms with van der Waals surface area (Å²) in [7, 11) is 0. The van der Waals surface area contributed by atoms with Crippen LogP contribution >= 0.6 is 23.2 Å². The van der Waals surface area contributed by atoms with Crippen molar-refractivity contribution in [2.45, 2.75) is 6.61 Å². The Bertz CT molecular complexity index is 729. The molecule has 0 aliphatic heterocycles. The highest BCUT2D eigenvalue weighted by molar-refractivity contribution is 6.35. The van der Waals surface area contributed by atoms with Crippen LogP contribution < -0.4 is 4.74 Å². The zero-order valence-corrected chi connectivity index (χ0v) is 12.3. The quantitative estimate of drug-likeness (QED) is 0.737. The van der Waals surface area contributed by atoms with Gasteiger partial charge in [-0.2, -0.15) is 0 Å². The Morgan fingerprint density at radius 1 is 1.05 bits per heavy atom. The monoisotopic (exact) mass is 320 g/mol. The van der Waals surface area contributed by atoms with Gasteiger partial charge >= 0.3 is 0 Å². The molecule has 0 aliphatic carbocycles. The van der Waals surface area contributed by atoms with Gasteiger partial charge in [0.15, 0.2) is 0 Å². The van der Waals surface area contributed by atoms with E-state index >= 15 is 0 Å². The molecule has 3 aromatic rings. The lowest BCUT2D eigenvalue weighted by Gasteiger charge is -2.08. The highest BCUT2D eigenvalue weighted by atomic mass is 35.5. The van der Waals surface area contributed by atoms with Crippen LogP contribution in [-0.2, 0) is 6.61 Å². The van der Waals surface area contributed by atoms with Crippen molar-refractivity contribution in [3.05, 3.63) is 64.4 Å². The molecule has 2 aromatic carbocycles. The molecule has 1 aromatic heterocycles. The standard InChI is InChI=1S/C14H10Cl2N4O/c15-11-2-1-10(14(16)7-11)8-21-13-5-3-12(4-6-13)20-9-17-18-19-20/h1-7,9H,8H2. The van der Waals surface area contributed by atoms with E-state index in [2.05, 4.69) is 15.5 Å². The Morgan fingerprint density at radius 2 is 1.86 bits per heavy atom. The van der Waals surface area contributed by atoms with Crippen molar-refractivity contribution in [2.24, 2.45) is 0 Å². The fourth-order valence-corrected chi connectivity index (χ4v) is 2.24. The van der Waals surface area contributed by atoms with Gasteiger partial charge in [0.25, 0.3) is 0 Å². The lowest BCUT2D eigenvalue weighted by Crippen LogP contribution is -1.98. The summed E-state index contributed by atoms with van der Waals surface area (Å²) in [6.07, 6.45) is 1.53. The second-order valence-electron chi connectivity index (χ2n) is 4.27. The number of nitrogens with zero attached hydrogens (tertiary/aromatic N) is 4. The first-order chi connectivity index (χ1) is 10.2. The smallest absolute Gasteiger partial charge is 0.143 e. The minimum Gasteiger partial charge on any atom is -0.489 e. The zero-order chi connectivity index (χ0) is 14.7. The van der Waals surface area contributed by atoms with E-state index in [9.17, 15) is 0 Å². The van der Waals surface area contributed by atoms with Crippen LogP contribution in [0.25, 0.3) is 5.69 Å². The molecular weight excluding hydrogens is 311 g/mol. The van der Waals surface area contributed by atoms with Gasteiger partial charge in [-0.15, -0.1) is 5.10 Å². The summed E-state index contributed by atoms with van der Waals surface area (Å²) in [4.78, 5) is 0. The highest BCUT2D eigenvalue weighted by Crippen LogP contribution is 2.23. The van der Waals surface area contributed by atoms with Crippen molar-refractivity contribution < 1.29 is 4.74 Å². The van der Waals surface area contributed by atoms with Crippen LogP contribution in [0.2, 0.25) is 10.0 Å². The van der Waals surface area contributed by atoms with E-state index in [4.69, 9.17) is 27.9 Å². The molecule has 7 heteroatoms. The van der Waals surface area contributed by atoms with Crippen LogP contribution in [-0.4, -0.2) is 20.2 Å². The Balaban J connectivity index is 1.68. The van der Waals surface area contributed by atoms with Gasteiger partial charge < -0.3 is 4.74 Å². The molecule has 0 amide bonds. The normalized spacial score (nSPS) is 10.6.